The third-order valence-electron chi connectivity index (χ3n) is 2.91. The first-order valence-corrected chi connectivity index (χ1v) is 6.71. The Balaban J connectivity index is 2.61. The fraction of sp³-hybridized carbons (Fsp3) is 0.500. The Labute approximate surface area is 127 Å². The number of nitrogens with one attached hydrogen (secondary N) is 1. The largest absolute Gasteiger partial charge is 0.453 e. The highest BCUT2D eigenvalue weighted by Gasteiger charge is 2.39. The quantitative estimate of drug-likeness (QED) is 0.449. The van der Waals surface area contributed by atoms with E-state index in [0.29, 0.717) is 0 Å². The lowest BCUT2D eigenvalue weighted by Gasteiger charge is -2.45. The summed E-state index contributed by atoms with van der Waals surface area (Å²) >= 11 is 0. The molecule has 1 saturated heterocycles. The van der Waals surface area contributed by atoms with Gasteiger partial charge < -0.3 is 10.1 Å². The summed E-state index contributed by atoms with van der Waals surface area (Å²) in [5.74, 6) is 15.9. The van der Waals surface area contributed by atoms with Gasteiger partial charge in [0.25, 0.3) is 0 Å². The Morgan fingerprint density at radius 1 is 1.05 bits per heavy atom. The molecular weight excluding hydrogens is 262 g/mol. The van der Waals surface area contributed by atoms with E-state index >= 15 is 0 Å². The van der Waals surface area contributed by atoms with Gasteiger partial charge in [-0.05, 0) is 63.2 Å². The zero-order valence-electron chi connectivity index (χ0n) is 12.9. The van der Waals surface area contributed by atoms with Crippen LogP contribution in [-0.4, -0.2) is 23.2 Å². The van der Waals surface area contributed by atoms with Crippen LogP contribution in [-0.2, 0) is 9.53 Å². The van der Waals surface area contributed by atoms with E-state index < -0.39 is 5.97 Å². The summed E-state index contributed by atoms with van der Waals surface area (Å²) in [5.41, 5.74) is -0.157. The fourth-order valence-electron chi connectivity index (χ4n) is 2.70. The van der Waals surface area contributed by atoms with Gasteiger partial charge in [-0.3, -0.25) is 0 Å². The highest BCUT2D eigenvalue weighted by molar-refractivity contribution is 5.89. The Hall–Kier alpha value is -2.33. The molecule has 0 aliphatic carbocycles. The van der Waals surface area contributed by atoms with Gasteiger partial charge in [0.1, 0.15) is 6.10 Å². The van der Waals surface area contributed by atoms with Gasteiger partial charge in [-0.15, -0.1) is 6.42 Å². The van der Waals surface area contributed by atoms with Crippen molar-refractivity contribution in [3.8, 4) is 47.9 Å². The van der Waals surface area contributed by atoms with E-state index in [2.05, 4.69) is 74.5 Å². The topological polar surface area (TPSA) is 38.3 Å². The van der Waals surface area contributed by atoms with Gasteiger partial charge >= 0.3 is 5.97 Å². The van der Waals surface area contributed by atoms with Crippen molar-refractivity contribution in [1.29, 1.82) is 0 Å². The van der Waals surface area contributed by atoms with Crippen LogP contribution in [0.15, 0.2) is 0 Å². The summed E-state index contributed by atoms with van der Waals surface area (Å²) in [6.45, 7) is 8.37. The molecule has 1 N–H and O–H groups in total. The van der Waals surface area contributed by atoms with Crippen molar-refractivity contribution in [3.05, 3.63) is 0 Å². The van der Waals surface area contributed by atoms with Crippen molar-refractivity contribution >= 4 is 5.97 Å². The summed E-state index contributed by atoms with van der Waals surface area (Å²) in [5, 5.41) is 3.53. The van der Waals surface area contributed by atoms with Gasteiger partial charge in [0, 0.05) is 29.8 Å². The second-order valence-corrected chi connectivity index (χ2v) is 6.22. The number of carbonyl (C=O) groups excluding carboxylic acids is 1. The Morgan fingerprint density at radius 2 is 1.57 bits per heavy atom. The summed E-state index contributed by atoms with van der Waals surface area (Å²) in [6, 6.07) is 0. The molecule has 0 bridgehead atoms. The molecule has 1 heterocycles. The number of carbonyl (C=O) groups is 1. The van der Waals surface area contributed by atoms with E-state index in [-0.39, 0.29) is 17.2 Å². The van der Waals surface area contributed by atoms with E-state index in [0.717, 1.165) is 12.8 Å². The molecule has 21 heavy (non-hydrogen) atoms. The van der Waals surface area contributed by atoms with Crippen LogP contribution < -0.4 is 5.32 Å². The lowest BCUT2D eigenvalue weighted by atomic mass is 9.81. The molecule has 0 spiro atoms. The van der Waals surface area contributed by atoms with Crippen molar-refractivity contribution in [3.63, 3.8) is 0 Å². The summed E-state index contributed by atoms with van der Waals surface area (Å²) in [7, 11) is 0. The number of piperidine rings is 1. The maximum atomic E-state index is 11.7. The standard InChI is InChI=1S/C18H19NO2/c1-6-7-8-9-10-11-12-16(20)21-15-13-17(2,3)19-18(4,5)14-15/h1,15,19H,13-14H2,2-5H3. The number of ether oxygens (including phenoxy) is 1. The van der Waals surface area contributed by atoms with Gasteiger partial charge in [-0.1, -0.05) is 0 Å². The monoisotopic (exact) mass is 281 g/mol. The zero-order valence-corrected chi connectivity index (χ0v) is 12.9. The SMILES string of the molecule is C#CC#CC#CC#CC(=O)OC1CC(C)(C)NC(C)(C)C1. The number of hydrogen-bond acceptors (Lipinski definition) is 3. The van der Waals surface area contributed by atoms with Crippen LogP contribution in [0.5, 0.6) is 0 Å². The van der Waals surface area contributed by atoms with Crippen LogP contribution >= 0.6 is 0 Å². The summed E-state index contributed by atoms with van der Waals surface area (Å²) in [6.07, 6.45) is 6.29. The number of terminal acetylenes is 1. The van der Waals surface area contributed by atoms with Gasteiger partial charge in [0.15, 0.2) is 0 Å². The van der Waals surface area contributed by atoms with Crippen molar-refractivity contribution in [2.24, 2.45) is 0 Å². The third-order valence-corrected chi connectivity index (χ3v) is 2.91. The predicted molar refractivity (Wildman–Crippen MR) is 82.6 cm³/mol. The van der Waals surface area contributed by atoms with E-state index in [1.54, 1.807) is 0 Å². The minimum atomic E-state index is -0.562. The highest BCUT2D eigenvalue weighted by Crippen LogP contribution is 2.30. The molecule has 0 aromatic heterocycles. The fourth-order valence-corrected chi connectivity index (χ4v) is 2.70. The summed E-state index contributed by atoms with van der Waals surface area (Å²) < 4.78 is 5.40. The molecule has 3 nitrogen and oxygen atoms in total. The lowest BCUT2D eigenvalue weighted by molar-refractivity contribution is -0.145. The predicted octanol–water partition coefficient (Wildman–Crippen LogP) is 1.48. The van der Waals surface area contributed by atoms with E-state index in [1.807, 2.05) is 0 Å². The van der Waals surface area contributed by atoms with Crippen LogP contribution in [0.2, 0.25) is 0 Å². The smallest absolute Gasteiger partial charge is 0.385 e. The molecule has 1 rings (SSSR count). The highest BCUT2D eigenvalue weighted by atomic mass is 16.5. The van der Waals surface area contributed by atoms with Crippen LogP contribution in [0.3, 0.4) is 0 Å². The second-order valence-electron chi connectivity index (χ2n) is 6.22. The molecule has 0 amide bonds. The van der Waals surface area contributed by atoms with E-state index in [9.17, 15) is 4.79 Å². The van der Waals surface area contributed by atoms with Crippen molar-refractivity contribution in [2.45, 2.75) is 57.7 Å². The normalized spacial score (nSPS) is 18.4. The van der Waals surface area contributed by atoms with Gasteiger partial charge in [0.2, 0.25) is 0 Å². The van der Waals surface area contributed by atoms with Crippen molar-refractivity contribution in [2.75, 3.05) is 0 Å². The zero-order chi connectivity index (χ0) is 15.9. The molecule has 0 radical (unpaired) electrons. The minimum Gasteiger partial charge on any atom is -0.453 e. The van der Waals surface area contributed by atoms with Crippen LogP contribution in [0, 0.1) is 47.9 Å². The molecule has 3 heteroatoms. The first-order chi connectivity index (χ1) is 9.74. The first kappa shape index (κ1) is 16.7. The van der Waals surface area contributed by atoms with Crippen molar-refractivity contribution in [1.82, 2.24) is 5.32 Å². The summed E-state index contributed by atoms with van der Waals surface area (Å²) in [4.78, 5) is 11.7. The molecule has 1 aliphatic rings. The molecular formula is C18H19NO2. The minimum absolute atomic E-state index is 0.0786. The van der Waals surface area contributed by atoms with Crippen LogP contribution in [0.25, 0.3) is 0 Å². The Kier molecular flexibility index (Phi) is 5.50. The lowest BCUT2D eigenvalue weighted by Crippen LogP contribution is -2.59. The molecule has 0 atom stereocenters. The van der Waals surface area contributed by atoms with Gasteiger partial charge in [-0.2, -0.15) is 0 Å². The molecule has 108 valence electrons. The molecule has 0 aromatic rings. The van der Waals surface area contributed by atoms with Crippen LogP contribution in [0.4, 0.5) is 0 Å². The molecule has 1 fully saturated rings. The van der Waals surface area contributed by atoms with Gasteiger partial charge in [0.05, 0.1) is 0 Å². The molecule has 0 unspecified atom stereocenters. The second kappa shape index (κ2) is 6.90. The maximum absolute atomic E-state index is 11.7. The van der Waals surface area contributed by atoms with Crippen LogP contribution in [0.1, 0.15) is 40.5 Å². The average Bonchev–Trinajstić information content (AvgIpc) is 2.29. The Morgan fingerprint density at radius 3 is 2.14 bits per heavy atom. The average molecular weight is 281 g/mol. The first-order valence-electron chi connectivity index (χ1n) is 6.71. The maximum Gasteiger partial charge on any atom is 0.385 e. The molecule has 0 aromatic carbocycles. The van der Waals surface area contributed by atoms with E-state index in [4.69, 9.17) is 11.2 Å². The molecule has 0 saturated carbocycles. The van der Waals surface area contributed by atoms with Gasteiger partial charge in [-0.25, -0.2) is 4.79 Å². The number of rotatable bonds is 1. The van der Waals surface area contributed by atoms with E-state index in [1.165, 1.54) is 0 Å². The van der Waals surface area contributed by atoms with Crippen molar-refractivity contribution < 1.29 is 9.53 Å². The number of esters is 1. The Bertz CT molecular complexity index is 614. The number of hydrogen-bond donors (Lipinski definition) is 1. The third kappa shape index (κ3) is 6.58. The molecule has 1 aliphatic heterocycles.